The molecule has 1 aliphatic carbocycles. The van der Waals surface area contributed by atoms with E-state index in [2.05, 4.69) is 5.32 Å². The molecule has 5 rings (SSSR count). The number of methoxy groups -OCH3 is 2. The number of carboxylic acid groups (broad SMARTS) is 1. The summed E-state index contributed by atoms with van der Waals surface area (Å²) in [6.07, 6.45) is 1.96. The number of carbonyl (C=O) groups is 3. The van der Waals surface area contributed by atoms with E-state index in [1.165, 1.54) is 18.4 Å². The Morgan fingerprint density at radius 1 is 1.12 bits per heavy atom. The van der Waals surface area contributed by atoms with E-state index in [9.17, 15) is 19.5 Å². The molecule has 2 saturated heterocycles. The predicted molar refractivity (Wildman–Crippen MR) is 116 cm³/mol. The zero-order valence-electron chi connectivity index (χ0n) is 17.7. The van der Waals surface area contributed by atoms with Crippen molar-refractivity contribution in [2.24, 2.45) is 11.8 Å². The molecule has 0 radical (unpaired) electrons. The Labute approximate surface area is 188 Å². The fraction of sp³-hybridized carbons (Fsp3) is 0.435. The van der Waals surface area contributed by atoms with Gasteiger partial charge in [-0.25, -0.2) is 4.79 Å². The SMILES string of the molecule is COC(=O)c1c(NC(=O)[C@H]2[C@@H](C(=O)O)[C@H]3CC[C@H]2O3)sc2c1-c1ccc(OC)cc1CC2. The molecule has 1 aromatic heterocycles. The van der Waals surface area contributed by atoms with E-state index in [4.69, 9.17) is 14.2 Å². The third-order valence-electron chi connectivity index (χ3n) is 6.67. The lowest BCUT2D eigenvalue weighted by Gasteiger charge is -2.23. The van der Waals surface area contributed by atoms with Gasteiger partial charge in [-0.2, -0.15) is 0 Å². The molecule has 0 spiro atoms. The summed E-state index contributed by atoms with van der Waals surface area (Å²) in [6.45, 7) is 0. The second-order valence-electron chi connectivity index (χ2n) is 8.29. The van der Waals surface area contributed by atoms with Crippen LogP contribution in [0.2, 0.25) is 0 Å². The summed E-state index contributed by atoms with van der Waals surface area (Å²) in [6, 6.07) is 5.72. The molecule has 0 saturated carbocycles. The van der Waals surface area contributed by atoms with Gasteiger partial charge in [-0.15, -0.1) is 11.3 Å². The van der Waals surface area contributed by atoms with Crippen LogP contribution in [0.25, 0.3) is 11.1 Å². The Balaban J connectivity index is 1.53. The lowest BCUT2D eigenvalue weighted by molar-refractivity contribution is -0.147. The number of carbonyl (C=O) groups excluding carboxylic acids is 2. The summed E-state index contributed by atoms with van der Waals surface area (Å²) in [5.41, 5.74) is 3.05. The van der Waals surface area contributed by atoms with Gasteiger partial charge in [-0.1, -0.05) is 6.07 Å². The van der Waals surface area contributed by atoms with Crippen molar-refractivity contribution < 1.29 is 33.7 Å². The van der Waals surface area contributed by atoms with Gasteiger partial charge in [0.2, 0.25) is 5.91 Å². The molecule has 3 heterocycles. The Bertz CT molecular complexity index is 1120. The summed E-state index contributed by atoms with van der Waals surface area (Å²) in [7, 11) is 2.91. The topological polar surface area (TPSA) is 111 Å². The molecule has 2 fully saturated rings. The number of anilines is 1. The van der Waals surface area contributed by atoms with Gasteiger partial charge in [0.15, 0.2) is 0 Å². The van der Waals surface area contributed by atoms with Gasteiger partial charge in [0.25, 0.3) is 0 Å². The Kier molecular flexibility index (Phi) is 5.17. The molecule has 168 valence electrons. The molecule has 2 bridgehead atoms. The molecule has 9 heteroatoms. The van der Waals surface area contributed by atoms with E-state index in [1.54, 1.807) is 7.11 Å². The highest BCUT2D eigenvalue weighted by Crippen LogP contribution is 2.48. The first-order valence-corrected chi connectivity index (χ1v) is 11.3. The van der Waals surface area contributed by atoms with Crippen LogP contribution < -0.4 is 10.1 Å². The summed E-state index contributed by atoms with van der Waals surface area (Å²) < 4.78 is 16.1. The van der Waals surface area contributed by atoms with E-state index in [0.717, 1.165) is 40.2 Å². The molecule has 2 aliphatic heterocycles. The third-order valence-corrected chi connectivity index (χ3v) is 7.84. The van der Waals surface area contributed by atoms with Crippen molar-refractivity contribution in [3.63, 3.8) is 0 Å². The molecule has 3 aliphatic rings. The maximum atomic E-state index is 13.2. The number of nitrogens with one attached hydrogen (secondary N) is 1. The van der Waals surface area contributed by atoms with Gasteiger partial charge in [0, 0.05) is 10.4 Å². The fourth-order valence-corrected chi connectivity index (χ4v) is 6.44. The summed E-state index contributed by atoms with van der Waals surface area (Å²) in [5, 5.41) is 12.9. The quantitative estimate of drug-likeness (QED) is 0.664. The van der Waals surface area contributed by atoms with Crippen LogP contribution in [0.5, 0.6) is 5.75 Å². The van der Waals surface area contributed by atoms with E-state index >= 15 is 0 Å². The number of rotatable bonds is 5. The molecule has 2 aromatic rings. The van der Waals surface area contributed by atoms with Crippen LogP contribution >= 0.6 is 11.3 Å². The molecule has 4 atom stereocenters. The van der Waals surface area contributed by atoms with Crippen LogP contribution in [-0.2, 0) is 31.9 Å². The maximum Gasteiger partial charge on any atom is 0.341 e. The lowest BCUT2D eigenvalue weighted by atomic mass is 9.78. The van der Waals surface area contributed by atoms with Crippen LogP contribution in [-0.4, -0.2) is 49.4 Å². The number of fused-ring (bicyclic) bond motifs is 5. The Morgan fingerprint density at radius 3 is 2.56 bits per heavy atom. The van der Waals surface area contributed by atoms with E-state index in [-0.39, 0.29) is 0 Å². The van der Waals surface area contributed by atoms with Crippen LogP contribution in [0.3, 0.4) is 0 Å². The minimum absolute atomic E-state index is 0.308. The minimum Gasteiger partial charge on any atom is -0.497 e. The Morgan fingerprint density at radius 2 is 1.88 bits per heavy atom. The molecular formula is C23H23NO7S. The summed E-state index contributed by atoms with van der Waals surface area (Å²) >= 11 is 1.34. The number of ether oxygens (including phenoxy) is 3. The minimum atomic E-state index is -1.03. The molecule has 8 nitrogen and oxygen atoms in total. The van der Waals surface area contributed by atoms with Crippen molar-refractivity contribution in [2.45, 2.75) is 37.9 Å². The highest BCUT2D eigenvalue weighted by atomic mass is 32.1. The molecule has 1 aromatic carbocycles. The monoisotopic (exact) mass is 457 g/mol. The van der Waals surface area contributed by atoms with Gasteiger partial charge in [0.05, 0.1) is 38.3 Å². The number of benzene rings is 1. The highest BCUT2D eigenvalue weighted by Gasteiger charge is 2.55. The first-order valence-electron chi connectivity index (χ1n) is 10.5. The average Bonchev–Trinajstić information content (AvgIpc) is 3.50. The van der Waals surface area contributed by atoms with Gasteiger partial charge < -0.3 is 24.6 Å². The van der Waals surface area contributed by atoms with Crippen molar-refractivity contribution in [3.05, 3.63) is 34.2 Å². The van der Waals surface area contributed by atoms with E-state index in [1.807, 2.05) is 18.2 Å². The van der Waals surface area contributed by atoms with Crippen LogP contribution in [0.1, 0.15) is 33.6 Å². The van der Waals surface area contributed by atoms with Crippen molar-refractivity contribution in [3.8, 4) is 16.9 Å². The third kappa shape index (κ3) is 3.18. The van der Waals surface area contributed by atoms with Crippen LogP contribution in [0.15, 0.2) is 18.2 Å². The smallest absolute Gasteiger partial charge is 0.341 e. The first-order chi connectivity index (χ1) is 15.4. The maximum absolute atomic E-state index is 13.2. The number of aryl methyl sites for hydroxylation is 2. The van der Waals surface area contributed by atoms with Crippen LogP contribution in [0, 0.1) is 11.8 Å². The van der Waals surface area contributed by atoms with Gasteiger partial charge in [-0.3, -0.25) is 9.59 Å². The number of thiophene rings is 1. The highest BCUT2D eigenvalue weighted by molar-refractivity contribution is 7.17. The number of carboxylic acids is 1. The number of amides is 1. The fourth-order valence-electron chi connectivity index (χ4n) is 5.24. The van der Waals surface area contributed by atoms with Crippen molar-refractivity contribution >= 4 is 34.2 Å². The molecule has 1 amide bonds. The van der Waals surface area contributed by atoms with E-state index in [0.29, 0.717) is 23.4 Å². The van der Waals surface area contributed by atoms with Gasteiger partial charge >= 0.3 is 11.9 Å². The molecule has 0 unspecified atom stereocenters. The van der Waals surface area contributed by atoms with Gasteiger partial charge in [-0.05, 0) is 48.9 Å². The van der Waals surface area contributed by atoms with Gasteiger partial charge in [0.1, 0.15) is 16.3 Å². The molecular weight excluding hydrogens is 434 g/mol. The zero-order chi connectivity index (χ0) is 22.6. The van der Waals surface area contributed by atoms with Crippen LogP contribution in [0.4, 0.5) is 5.00 Å². The standard InChI is InChI=1S/C23H23NO7S/c1-29-11-4-5-12-10(9-11)3-8-15-16(12)19(23(28)30-2)21(32-15)24-20(25)17-13-6-7-14(31-13)18(17)22(26)27/h4-5,9,13-14,17-18H,3,6-8H2,1-2H3,(H,24,25)(H,26,27)/t13-,14-,17-,18+/m1/s1. The lowest BCUT2D eigenvalue weighted by Crippen LogP contribution is -2.41. The largest absolute Gasteiger partial charge is 0.497 e. The Hall–Kier alpha value is -2.91. The summed E-state index contributed by atoms with van der Waals surface area (Å²) in [4.78, 5) is 38.8. The second kappa shape index (κ2) is 7.90. The average molecular weight is 458 g/mol. The number of aliphatic carboxylic acids is 1. The molecule has 32 heavy (non-hydrogen) atoms. The second-order valence-corrected chi connectivity index (χ2v) is 9.39. The van der Waals surface area contributed by atoms with Crippen molar-refractivity contribution in [2.75, 3.05) is 19.5 Å². The van der Waals surface area contributed by atoms with Crippen molar-refractivity contribution in [1.29, 1.82) is 0 Å². The normalized spacial score (nSPS) is 25.1. The van der Waals surface area contributed by atoms with Crippen molar-refractivity contribution in [1.82, 2.24) is 0 Å². The molecule has 2 N–H and O–H groups in total. The van der Waals surface area contributed by atoms with E-state index < -0.39 is 41.9 Å². The number of hydrogen-bond donors (Lipinski definition) is 2. The summed E-state index contributed by atoms with van der Waals surface area (Å²) in [5.74, 6) is -2.92. The number of esters is 1. The zero-order valence-corrected chi connectivity index (χ0v) is 18.5. The predicted octanol–water partition coefficient (Wildman–Crippen LogP) is 3.13. The first kappa shape index (κ1) is 21.0. The number of hydrogen-bond acceptors (Lipinski definition) is 7.